The lowest BCUT2D eigenvalue weighted by Gasteiger charge is -2.20. The molecule has 0 saturated carbocycles. The molecule has 1 aliphatic heterocycles. The third-order valence-electron chi connectivity index (χ3n) is 3.47. The fourth-order valence-electron chi connectivity index (χ4n) is 2.31. The first-order chi connectivity index (χ1) is 8.70. The van der Waals surface area contributed by atoms with Crippen molar-refractivity contribution in [1.82, 2.24) is 4.90 Å². The lowest BCUT2D eigenvalue weighted by molar-refractivity contribution is -0.131. The quantitative estimate of drug-likeness (QED) is 0.800. The zero-order valence-corrected chi connectivity index (χ0v) is 10.8. The largest absolute Gasteiger partial charge is 0.338 e. The molecule has 1 aliphatic rings. The Morgan fingerprint density at radius 3 is 2.94 bits per heavy atom. The van der Waals surface area contributed by atoms with Crippen molar-refractivity contribution >= 4 is 5.91 Å². The summed E-state index contributed by atoms with van der Waals surface area (Å²) >= 11 is 0. The van der Waals surface area contributed by atoms with Crippen molar-refractivity contribution in [3.63, 3.8) is 0 Å². The second kappa shape index (κ2) is 5.68. The summed E-state index contributed by atoms with van der Waals surface area (Å²) in [6, 6.07) is 8.05. The van der Waals surface area contributed by atoms with Gasteiger partial charge in [-0.25, -0.2) is 0 Å². The van der Waals surface area contributed by atoms with Gasteiger partial charge in [0, 0.05) is 19.5 Å². The molecule has 0 unspecified atom stereocenters. The summed E-state index contributed by atoms with van der Waals surface area (Å²) in [6.45, 7) is 3.40. The van der Waals surface area contributed by atoms with Gasteiger partial charge in [-0.15, -0.1) is 0 Å². The minimum absolute atomic E-state index is 0.242. The van der Waals surface area contributed by atoms with Gasteiger partial charge in [0.25, 0.3) is 0 Å². The highest BCUT2D eigenvalue weighted by atomic mass is 16.2. The average Bonchev–Trinajstić information content (AvgIpc) is 2.57. The van der Waals surface area contributed by atoms with Crippen LogP contribution in [0.3, 0.4) is 0 Å². The molecule has 1 amide bonds. The van der Waals surface area contributed by atoms with Crippen LogP contribution in [0.25, 0.3) is 0 Å². The topological polar surface area (TPSA) is 44.1 Å². The van der Waals surface area contributed by atoms with Gasteiger partial charge in [0.15, 0.2) is 0 Å². The van der Waals surface area contributed by atoms with Crippen LogP contribution < -0.4 is 0 Å². The zero-order chi connectivity index (χ0) is 13.0. The normalized spacial score (nSPS) is 16.2. The highest BCUT2D eigenvalue weighted by Crippen LogP contribution is 2.16. The smallest absolute Gasteiger partial charge is 0.222 e. The van der Waals surface area contributed by atoms with Gasteiger partial charge < -0.3 is 4.90 Å². The lowest BCUT2D eigenvalue weighted by atomic mass is 10.1. The third-order valence-corrected chi connectivity index (χ3v) is 3.47. The molecule has 1 aromatic carbocycles. The zero-order valence-electron chi connectivity index (χ0n) is 10.8. The molecule has 94 valence electrons. The van der Waals surface area contributed by atoms with Crippen molar-refractivity contribution in [3.8, 4) is 6.07 Å². The highest BCUT2D eigenvalue weighted by molar-refractivity contribution is 5.76. The highest BCUT2D eigenvalue weighted by Gasteiger charge is 2.16. The van der Waals surface area contributed by atoms with Crippen molar-refractivity contribution in [2.75, 3.05) is 6.54 Å². The monoisotopic (exact) mass is 242 g/mol. The number of amides is 1. The summed E-state index contributed by atoms with van der Waals surface area (Å²) in [5.74, 6) is 0.242. The number of aryl methyl sites for hydroxylation is 1. The van der Waals surface area contributed by atoms with E-state index < -0.39 is 0 Å². The molecule has 0 aromatic heterocycles. The minimum atomic E-state index is 0.242. The van der Waals surface area contributed by atoms with E-state index in [9.17, 15) is 4.79 Å². The Hall–Kier alpha value is -1.82. The summed E-state index contributed by atoms with van der Waals surface area (Å²) in [5, 5.41) is 9.02. The Labute approximate surface area is 108 Å². The second-order valence-electron chi connectivity index (χ2n) is 4.89. The van der Waals surface area contributed by atoms with E-state index in [1.54, 1.807) is 0 Å². The van der Waals surface area contributed by atoms with Gasteiger partial charge in [-0.05, 0) is 37.0 Å². The van der Waals surface area contributed by atoms with E-state index in [1.165, 1.54) is 0 Å². The molecular weight excluding hydrogens is 224 g/mol. The van der Waals surface area contributed by atoms with Crippen LogP contribution in [0.15, 0.2) is 18.2 Å². The SMILES string of the molecule is Cc1ccc(CN2CCCCCC2=O)cc1C#N. The van der Waals surface area contributed by atoms with Crippen molar-refractivity contribution in [2.24, 2.45) is 0 Å². The summed E-state index contributed by atoms with van der Waals surface area (Å²) in [7, 11) is 0. The molecule has 0 N–H and O–H groups in total. The van der Waals surface area contributed by atoms with Gasteiger partial charge in [-0.3, -0.25) is 4.79 Å². The van der Waals surface area contributed by atoms with E-state index in [-0.39, 0.29) is 5.91 Å². The van der Waals surface area contributed by atoms with E-state index in [4.69, 9.17) is 5.26 Å². The molecule has 3 nitrogen and oxygen atoms in total. The molecule has 1 saturated heterocycles. The van der Waals surface area contributed by atoms with Crippen LogP contribution in [0.1, 0.15) is 42.4 Å². The first-order valence-electron chi connectivity index (χ1n) is 6.48. The predicted octanol–water partition coefficient (Wildman–Crippen LogP) is 2.77. The molecule has 1 aromatic rings. The van der Waals surface area contributed by atoms with Crippen LogP contribution in [0.5, 0.6) is 0 Å². The minimum Gasteiger partial charge on any atom is -0.338 e. The maximum Gasteiger partial charge on any atom is 0.222 e. The number of carbonyl (C=O) groups excluding carboxylic acids is 1. The maximum atomic E-state index is 11.9. The number of nitrogens with zero attached hydrogens (tertiary/aromatic N) is 2. The molecule has 3 heteroatoms. The molecule has 1 fully saturated rings. The fourth-order valence-corrected chi connectivity index (χ4v) is 2.31. The molecule has 0 atom stereocenters. The predicted molar refractivity (Wildman–Crippen MR) is 69.8 cm³/mol. The molecule has 0 aliphatic carbocycles. The van der Waals surface area contributed by atoms with Gasteiger partial charge in [0.2, 0.25) is 5.91 Å². The number of likely N-dealkylation sites (tertiary alicyclic amines) is 1. The molecular formula is C15H18N2O. The molecule has 0 radical (unpaired) electrons. The summed E-state index contributed by atoms with van der Waals surface area (Å²) in [6.07, 6.45) is 3.89. The Kier molecular flexibility index (Phi) is 3.99. The van der Waals surface area contributed by atoms with Crippen molar-refractivity contribution in [2.45, 2.75) is 39.2 Å². The summed E-state index contributed by atoms with van der Waals surface area (Å²) in [4.78, 5) is 13.8. The number of hydrogen-bond donors (Lipinski definition) is 0. The standard InChI is InChI=1S/C15H18N2O/c1-12-6-7-13(9-14(12)10-16)11-17-8-4-2-3-5-15(17)18/h6-7,9H,2-5,8,11H2,1H3. The van der Waals surface area contributed by atoms with Gasteiger partial charge >= 0.3 is 0 Å². The molecule has 2 rings (SSSR count). The van der Waals surface area contributed by atoms with Crippen LogP contribution in [0, 0.1) is 18.3 Å². The number of nitriles is 1. The molecule has 1 heterocycles. The van der Waals surface area contributed by atoms with Crippen LogP contribution in [0.2, 0.25) is 0 Å². The third kappa shape index (κ3) is 2.89. The average molecular weight is 242 g/mol. The van der Waals surface area contributed by atoms with Gasteiger partial charge in [0.1, 0.15) is 0 Å². The second-order valence-corrected chi connectivity index (χ2v) is 4.89. The van der Waals surface area contributed by atoms with Crippen LogP contribution in [-0.2, 0) is 11.3 Å². The molecule has 0 spiro atoms. The Bertz CT molecular complexity index is 488. The first kappa shape index (κ1) is 12.6. The summed E-state index contributed by atoms with van der Waals surface area (Å²) in [5.41, 5.74) is 2.74. The van der Waals surface area contributed by atoms with E-state index in [0.717, 1.165) is 36.9 Å². The Morgan fingerprint density at radius 1 is 1.33 bits per heavy atom. The number of benzene rings is 1. The Morgan fingerprint density at radius 2 is 2.17 bits per heavy atom. The fraction of sp³-hybridized carbons (Fsp3) is 0.467. The number of carbonyl (C=O) groups is 1. The number of rotatable bonds is 2. The van der Waals surface area contributed by atoms with Gasteiger partial charge in [-0.2, -0.15) is 5.26 Å². The first-order valence-corrected chi connectivity index (χ1v) is 6.48. The van der Waals surface area contributed by atoms with Crippen LogP contribution >= 0.6 is 0 Å². The van der Waals surface area contributed by atoms with E-state index in [2.05, 4.69) is 6.07 Å². The van der Waals surface area contributed by atoms with Crippen LogP contribution in [-0.4, -0.2) is 17.4 Å². The van der Waals surface area contributed by atoms with Crippen LogP contribution in [0.4, 0.5) is 0 Å². The Balaban J connectivity index is 2.13. The van der Waals surface area contributed by atoms with E-state index in [0.29, 0.717) is 18.5 Å². The molecule has 0 bridgehead atoms. The summed E-state index contributed by atoms with van der Waals surface area (Å²) < 4.78 is 0. The molecule has 18 heavy (non-hydrogen) atoms. The van der Waals surface area contributed by atoms with Crippen molar-refractivity contribution in [3.05, 3.63) is 34.9 Å². The van der Waals surface area contributed by atoms with E-state index in [1.807, 2.05) is 30.0 Å². The van der Waals surface area contributed by atoms with Gasteiger partial charge in [0.05, 0.1) is 11.6 Å². The number of hydrogen-bond acceptors (Lipinski definition) is 2. The van der Waals surface area contributed by atoms with Crippen molar-refractivity contribution in [1.29, 1.82) is 5.26 Å². The van der Waals surface area contributed by atoms with Crippen molar-refractivity contribution < 1.29 is 4.79 Å². The lowest BCUT2D eigenvalue weighted by Crippen LogP contribution is -2.29. The van der Waals surface area contributed by atoms with Gasteiger partial charge in [-0.1, -0.05) is 18.6 Å². The van der Waals surface area contributed by atoms with E-state index >= 15 is 0 Å². The maximum absolute atomic E-state index is 11.9.